The molecule has 1 fully saturated rings. The van der Waals surface area contributed by atoms with Gasteiger partial charge in [0, 0.05) is 25.2 Å². The zero-order valence-corrected chi connectivity index (χ0v) is 16.0. The van der Waals surface area contributed by atoms with Crippen molar-refractivity contribution in [3.05, 3.63) is 64.7 Å². The number of thiazole rings is 1. The predicted octanol–water partition coefficient (Wildman–Crippen LogP) is 4.21. The van der Waals surface area contributed by atoms with Gasteiger partial charge < -0.3 is 4.90 Å². The summed E-state index contributed by atoms with van der Waals surface area (Å²) >= 11 is 1.61. The highest BCUT2D eigenvalue weighted by molar-refractivity contribution is 7.15. The molecular weight excluding hydrogens is 382 g/mol. The summed E-state index contributed by atoms with van der Waals surface area (Å²) in [5, 5.41) is 1.01. The third-order valence-corrected chi connectivity index (χ3v) is 6.28. The average molecular weight is 400 g/mol. The number of likely N-dealkylation sites (tertiary alicyclic amines) is 1. The summed E-state index contributed by atoms with van der Waals surface area (Å²) in [5.74, 6) is -2.02. The summed E-state index contributed by atoms with van der Waals surface area (Å²) in [6.07, 6.45) is 4.63. The zero-order chi connectivity index (χ0) is 19.7. The Morgan fingerprint density at radius 2 is 1.89 bits per heavy atom. The lowest BCUT2D eigenvalue weighted by molar-refractivity contribution is 0.0703. The Kier molecular flexibility index (Phi) is 5.13. The molecule has 0 radical (unpaired) electrons. The lowest BCUT2D eigenvalue weighted by Crippen LogP contribution is -2.38. The molecule has 0 bridgehead atoms. The van der Waals surface area contributed by atoms with Crippen LogP contribution in [0.3, 0.4) is 0 Å². The van der Waals surface area contributed by atoms with Crippen molar-refractivity contribution < 1.29 is 13.6 Å². The van der Waals surface area contributed by atoms with E-state index < -0.39 is 23.1 Å². The van der Waals surface area contributed by atoms with E-state index in [1.54, 1.807) is 17.5 Å². The molecule has 0 saturated carbocycles. The molecule has 0 N–H and O–H groups in total. The molecule has 5 nitrogen and oxygen atoms in total. The molecular formula is C20H18F2N4OS. The number of amides is 1. The minimum absolute atomic E-state index is 0.216. The topological polar surface area (TPSA) is 59.0 Å². The van der Waals surface area contributed by atoms with Crippen molar-refractivity contribution >= 4 is 17.2 Å². The van der Waals surface area contributed by atoms with Crippen LogP contribution in [-0.2, 0) is 0 Å². The Labute approximate surface area is 165 Å². The Balaban J connectivity index is 1.47. The van der Waals surface area contributed by atoms with Crippen LogP contribution in [0.1, 0.15) is 39.8 Å². The largest absolute Gasteiger partial charge is 0.338 e. The molecule has 28 heavy (non-hydrogen) atoms. The van der Waals surface area contributed by atoms with E-state index in [-0.39, 0.29) is 5.92 Å². The monoisotopic (exact) mass is 400 g/mol. The van der Waals surface area contributed by atoms with Crippen LogP contribution in [-0.4, -0.2) is 38.8 Å². The van der Waals surface area contributed by atoms with Crippen LogP contribution in [0.25, 0.3) is 10.6 Å². The van der Waals surface area contributed by atoms with Crippen molar-refractivity contribution in [2.75, 3.05) is 13.1 Å². The number of carbonyl (C=O) groups excluding carboxylic acids is 1. The van der Waals surface area contributed by atoms with Gasteiger partial charge in [-0.3, -0.25) is 4.79 Å². The molecule has 0 atom stereocenters. The van der Waals surface area contributed by atoms with Crippen molar-refractivity contribution in [2.24, 2.45) is 0 Å². The first-order valence-corrected chi connectivity index (χ1v) is 9.83. The second-order valence-electron chi connectivity index (χ2n) is 6.72. The van der Waals surface area contributed by atoms with Crippen LogP contribution < -0.4 is 0 Å². The fourth-order valence-electron chi connectivity index (χ4n) is 3.44. The number of carbonyl (C=O) groups is 1. The first kappa shape index (κ1) is 18.6. The lowest BCUT2D eigenvalue weighted by atomic mass is 9.97. The highest BCUT2D eigenvalue weighted by Gasteiger charge is 2.29. The van der Waals surface area contributed by atoms with Gasteiger partial charge in [-0.15, -0.1) is 11.3 Å². The van der Waals surface area contributed by atoms with Crippen molar-refractivity contribution in [3.8, 4) is 10.6 Å². The third kappa shape index (κ3) is 3.52. The average Bonchev–Trinajstić information content (AvgIpc) is 3.10. The quantitative estimate of drug-likeness (QED) is 0.661. The van der Waals surface area contributed by atoms with Crippen LogP contribution in [0.4, 0.5) is 8.78 Å². The number of hydrogen-bond donors (Lipinski definition) is 0. The van der Waals surface area contributed by atoms with Crippen LogP contribution >= 0.6 is 11.3 Å². The maximum atomic E-state index is 13.9. The second-order valence-corrected chi connectivity index (χ2v) is 7.76. The lowest BCUT2D eigenvalue weighted by Gasteiger charge is -2.31. The van der Waals surface area contributed by atoms with Gasteiger partial charge in [0.25, 0.3) is 5.91 Å². The van der Waals surface area contributed by atoms with Gasteiger partial charge in [0.1, 0.15) is 23.5 Å². The standard InChI is InChI=1S/C20H18F2N4OS/c1-12-18(16-5-8-23-11-24-16)28-19(25-12)13-6-9-26(10-7-13)20(27)17-14(21)3-2-4-15(17)22/h2-5,8,11,13H,6-7,9-10H2,1H3. The molecule has 1 aliphatic heterocycles. The number of aryl methyl sites for hydroxylation is 1. The number of aromatic nitrogens is 3. The van der Waals surface area contributed by atoms with Crippen LogP contribution in [0.15, 0.2) is 36.8 Å². The van der Waals surface area contributed by atoms with E-state index >= 15 is 0 Å². The van der Waals surface area contributed by atoms with Crippen LogP contribution in [0, 0.1) is 18.6 Å². The first-order valence-electron chi connectivity index (χ1n) is 9.01. The third-order valence-electron chi connectivity index (χ3n) is 4.94. The van der Waals surface area contributed by atoms with Gasteiger partial charge in [-0.2, -0.15) is 0 Å². The molecule has 0 unspecified atom stereocenters. The Hall–Kier alpha value is -2.74. The highest BCUT2D eigenvalue weighted by atomic mass is 32.1. The molecule has 1 amide bonds. The molecule has 144 valence electrons. The van der Waals surface area contributed by atoms with Crippen LogP contribution in [0.5, 0.6) is 0 Å². The summed E-state index contributed by atoms with van der Waals surface area (Å²) in [5.41, 5.74) is 1.29. The minimum atomic E-state index is -0.822. The summed E-state index contributed by atoms with van der Waals surface area (Å²) in [7, 11) is 0. The van der Waals surface area contributed by atoms with Gasteiger partial charge in [-0.25, -0.2) is 23.7 Å². The summed E-state index contributed by atoms with van der Waals surface area (Å²) in [6.45, 7) is 2.84. The van der Waals surface area contributed by atoms with E-state index in [1.807, 2.05) is 13.0 Å². The van der Waals surface area contributed by atoms with Gasteiger partial charge in [0.15, 0.2) is 0 Å². The second kappa shape index (κ2) is 7.71. The molecule has 3 heterocycles. The van der Waals surface area contributed by atoms with Gasteiger partial charge in [-0.1, -0.05) is 6.07 Å². The van der Waals surface area contributed by atoms with E-state index in [4.69, 9.17) is 4.98 Å². The number of nitrogens with zero attached hydrogens (tertiary/aromatic N) is 4. The summed E-state index contributed by atoms with van der Waals surface area (Å²) in [4.78, 5) is 28.0. The van der Waals surface area contributed by atoms with Gasteiger partial charge in [-0.05, 0) is 38.0 Å². The normalized spacial score (nSPS) is 15.0. The van der Waals surface area contributed by atoms with Crippen molar-refractivity contribution in [3.63, 3.8) is 0 Å². The molecule has 0 aliphatic carbocycles. The summed E-state index contributed by atoms with van der Waals surface area (Å²) in [6, 6.07) is 5.33. The van der Waals surface area contributed by atoms with Gasteiger partial charge in [0.05, 0.1) is 21.3 Å². The van der Waals surface area contributed by atoms with E-state index in [2.05, 4.69) is 9.97 Å². The maximum absolute atomic E-state index is 13.9. The van der Waals surface area contributed by atoms with Crippen molar-refractivity contribution in [2.45, 2.75) is 25.7 Å². The van der Waals surface area contributed by atoms with Gasteiger partial charge >= 0.3 is 0 Å². The molecule has 1 saturated heterocycles. The van der Waals surface area contributed by atoms with Crippen LogP contribution in [0.2, 0.25) is 0 Å². The number of halogens is 2. The highest BCUT2D eigenvalue weighted by Crippen LogP contribution is 2.36. The van der Waals surface area contributed by atoms with Crippen molar-refractivity contribution in [1.29, 1.82) is 0 Å². The zero-order valence-electron chi connectivity index (χ0n) is 15.2. The molecule has 3 aromatic rings. The molecule has 2 aromatic heterocycles. The molecule has 0 spiro atoms. The Morgan fingerprint density at radius 3 is 2.54 bits per heavy atom. The van der Waals surface area contributed by atoms with E-state index in [1.165, 1.54) is 17.3 Å². The number of benzene rings is 1. The predicted molar refractivity (Wildman–Crippen MR) is 102 cm³/mol. The first-order chi connectivity index (χ1) is 13.5. The molecule has 1 aliphatic rings. The van der Waals surface area contributed by atoms with E-state index in [9.17, 15) is 13.6 Å². The number of piperidine rings is 1. The van der Waals surface area contributed by atoms with Crippen molar-refractivity contribution in [1.82, 2.24) is 19.9 Å². The van der Waals surface area contributed by atoms with E-state index in [0.29, 0.717) is 25.9 Å². The Morgan fingerprint density at radius 1 is 1.18 bits per heavy atom. The Bertz CT molecular complexity index is 980. The molecule has 8 heteroatoms. The fourth-order valence-corrected chi connectivity index (χ4v) is 4.66. The number of rotatable bonds is 3. The van der Waals surface area contributed by atoms with Gasteiger partial charge in [0.2, 0.25) is 0 Å². The molecule has 4 rings (SSSR count). The minimum Gasteiger partial charge on any atom is -0.338 e. The molecule has 1 aromatic carbocycles. The fraction of sp³-hybridized carbons (Fsp3) is 0.300. The number of hydrogen-bond acceptors (Lipinski definition) is 5. The summed E-state index contributed by atoms with van der Waals surface area (Å²) < 4.78 is 27.8. The SMILES string of the molecule is Cc1nc(C2CCN(C(=O)c3c(F)cccc3F)CC2)sc1-c1ccncn1. The smallest absolute Gasteiger partial charge is 0.259 e. The maximum Gasteiger partial charge on any atom is 0.259 e. The van der Waals surface area contributed by atoms with E-state index in [0.717, 1.165) is 33.4 Å².